The molecule has 0 fully saturated rings. The van der Waals surface area contributed by atoms with Crippen molar-refractivity contribution in [1.82, 2.24) is 5.43 Å². The lowest BCUT2D eigenvalue weighted by Crippen LogP contribution is -2.31. The number of nitrogens with two attached hydrogens (primary N) is 1. The number of aryl methyl sites for hydroxylation is 1. The van der Waals surface area contributed by atoms with Gasteiger partial charge in [0.25, 0.3) is 0 Å². The van der Waals surface area contributed by atoms with Gasteiger partial charge in [0.2, 0.25) is 0 Å². The van der Waals surface area contributed by atoms with Crippen molar-refractivity contribution in [2.45, 2.75) is 31.7 Å². The van der Waals surface area contributed by atoms with Gasteiger partial charge >= 0.3 is 0 Å². The van der Waals surface area contributed by atoms with Crippen molar-refractivity contribution >= 4 is 0 Å². The molecule has 2 aromatic rings. The molecule has 3 rings (SSSR count). The summed E-state index contributed by atoms with van der Waals surface area (Å²) in [6.45, 7) is 2.05. The van der Waals surface area contributed by atoms with Crippen LogP contribution in [0, 0.1) is 6.92 Å². The summed E-state index contributed by atoms with van der Waals surface area (Å²) in [6.07, 6.45) is 3.86. The number of furan rings is 1. The Balaban J connectivity index is 1.76. The van der Waals surface area contributed by atoms with Crippen molar-refractivity contribution < 1.29 is 4.42 Å². The lowest BCUT2D eigenvalue weighted by atomic mass is 9.74. The van der Waals surface area contributed by atoms with Crippen LogP contribution in [0.2, 0.25) is 0 Å². The van der Waals surface area contributed by atoms with Crippen LogP contribution in [-0.4, -0.2) is 0 Å². The zero-order valence-corrected chi connectivity index (χ0v) is 10.5. The van der Waals surface area contributed by atoms with E-state index in [4.69, 9.17) is 10.3 Å². The second-order valence-electron chi connectivity index (χ2n) is 5.02. The number of hydrogen-bond acceptors (Lipinski definition) is 3. The van der Waals surface area contributed by atoms with E-state index in [1.807, 2.05) is 6.07 Å². The number of hydrogen-bond donors (Lipinski definition) is 2. The molecule has 1 aliphatic rings. The fourth-order valence-corrected chi connectivity index (χ4v) is 2.85. The lowest BCUT2D eigenvalue weighted by molar-refractivity contribution is 0.364. The molecule has 2 atom stereocenters. The van der Waals surface area contributed by atoms with Gasteiger partial charge in [-0.1, -0.05) is 24.3 Å². The molecule has 94 valence electrons. The van der Waals surface area contributed by atoms with E-state index in [0.29, 0.717) is 5.92 Å². The number of benzene rings is 1. The second-order valence-corrected chi connectivity index (χ2v) is 5.02. The van der Waals surface area contributed by atoms with E-state index in [1.54, 1.807) is 6.26 Å². The van der Waals surface area contributed by atoms with Crippen molar-refractivity contribution in [3.63, 3.8) is 0 Å². The van der Waals surface area contributed by atoms with Crippen LogP contribution in [0.1, 0.15) is 40.8 Å². The Morgan fingerprint density at radius 2 is 2.22 bits per heavy atom. The van der Waals surface area contributed by atoms with Crippen LogP contribution in [0.5, 0.6) is 0 Å². The molecule has 2 unspecified atom stereocenters. The van der Waals surface area contributed by atoms with Gasteiger partial charge in [-0.2, -0.15) is 0 Å². The van der Waals surface area contributed by atoms with Crippen LogP contribution in [-0.2, 0) is 6.42 Å². The molecular weight excluding hydrogens is 224 g/mol. The molecule has 0 radical (unpaired) electrons. The molecule has 0 saturated heterocycles. The molecule has 0 amide bonds. The quantitative estimate of drug-likeness (QED) is 0.640. The molecule has 0 saturated carbocycles. The first kappa shape index (κ1) is 11.5. The summed E-state index contributed by atoms with van der Waals surface area (Å²) in [5.41, 5.74) is 6.97. The average molecular weight is 242 g/mol. The molecule has 3 heteroatoms. The Labute approximate surface area is 107 Å². The third kappa shape index (κ3) is 1.85. The molecule has 1 aromatic heterocycles. The van der Waals surface area contributed by atoms with Crippen LogP contribution in [0.4, 0.5) is 0 Å². The van der Waals surface area contributed by atoms with E-state index < -0.39 is 0 Å². The second kappa shape index (κ2) is 4.59. The Hall–Kier alpha value is -1.58. The van der Waals surface area contributed by atoms with Gasteiger partial charge < -0.3 is 4.42 Å². The standard InChI is InChI=1S/C15H18N2O/c1-10-6-7-18-15(10)14(17-16)9-12-8-11-4-2-3-5-13(11)12/h2-7,12,14,17H,8-9,16H2,1H3. The van der Waals surface area contributed by atoms with Crippen LogP contribution in [0.15, 0.2) is 41.0 Å². The van der Waals surface area contributed by atoms with E-state index >= 15 is 0 Å². The molecule has 18 heavy (non-hydrogen) atoms. The van der Waals surface area contributed by atoms with E-state index in [9.17, 15) is 0 Å². The van der Waals surface area contributed by atoms with Crippen LogP contribution in [0.3, 0.4) is 0 Å². The van der Waals surface area contributed by atoms with Crippen LogP contribution < -0.4 is 11.3 Å². The van der Waals surface area contributed by atoms with E-state index in [0.717, 1.165) is 24.2 Å². The van der Waals surface area contributed by atoms with Crippen molar-refractivity contribution in [3.05, 3.63) is 59.0 Å². The summed E-state index contributed by atoms with van der Waals surface area (Å²) in [7, 11) is 0. The molecule has 1 aromatic carbocycles. The van der Waals surface area contributed by atoms with Crippen LogP contribution >= 0.6 is 0 Å². The highest BCUT2D eigenvalue weighted by atomic mass is 16.3. The molecule has 0 bridgehead atoms. The molecule has 0 aliphatic heterocycles. The average Bonchev–Trinajstić information content (AvgIpc) is 2.77. The Morgan fingerprint density at radius 1 is 1.39 bits per heavy atom. The number of nitrogens with one attached hydrogen (secondary N) is 1. The summed E-state index contributed by atoms with van der Waals surface area (Å²) in [5.74, 6) is 7.22. The maximum atomic E-state index is 5.67. The highest BCUT2D eigenvalue weighted by Gasteiger charge is 2.29. The minimum atomic E-state index is 0.0957. The monoisotopic (exact) mass is 242 g/mol. The van der Waals surface area contributed by atoms with E-state index in [-0.39, 0.29) is 6.04 Å². The first-order valence-electron chi connectivity index (χ1n) is 6.37. The van der Waals surface area contributed by atoms with Crippen molar-refractivity contribution in [1.29, 1.82) is 0 Å². The maximum Gasteiger partial charge on any atom is 0.124 e. The Kier molecular flexibility index (Phi) is 2.94. The smallest absolute Gasteiger partial charge is 0.124 e. The van der Waals surface area contributed by atoms with Gasteiger partial charge in [-0.25, -0.2) is 5.43 Å². The Morgan fingerprint density at radius 3 is 2.89 bits per heavy atom. The number of hydrazine groups is 1. The number of fused-ring (bicyclic) bond motifs is 1. The molecule has 3 N–H and O–H groups in total. The van der Waals surface area contributed by atoms with Gasteiger partial charge in [0.15, 0.2) is 0 Å². The molecule has 1 heterocycles. The highest BCUT2D eigenvalue weighted by molar-refractivity contribution is 5.40. The Bertz CT molecular complexity index is 547. The topological polar surface area (TPSA) is 51.2 Å². The highest BCUT2D eigenvalue weighted by Crippen LogP contribution is 2.40. The predicted molar refractivity (Wildman–Crippen MR) is 71.0 cm³/mol. The van der Waals surface area contributed by atoms with Crippen molar-refractivity contribution in [3.8, 4) is 0 Å². The van der Waals surface area contributed by atoms with Gasteiger partial charge in [0, 0.05) is 0 Å². The van der Waals surface area contributed by atoms with Gasteiger partial charge in [0.05, 0.1) is 12.3 Å². The lowest BCUT2D eigenvalue weighted by Gasteiger charge is -2.32. The minimum absolute atomic E-state index is 0.0957. The molecule has 3 nitrogen and oxygen atoms in total. The minimum Gasteiger partial charge on any atom is -0.467 e. The zero-order chi connectivity index (χ0) is 12.5. The summed E-state index contributed by atoms with van der Waals surface area (Å²) < 4.78 is 5.53. The summed E-state index contributed by atoms with van der Waals surface area (Å²) in [4.78, 5) is 0. The first-order chi connectivity index (χ1) is 8.79. The molecule has 0 spiro atoms. The third-order valence-corrected chi connectivity index (χ3v) is 3.90. The zero-order valence-electron chi connectivity index (χ0n) is 10.5. The fourth-order valence-electron chi connectivity index (χ4n) is 2.85. The largest absolute Gasteiger partial charge is 0.467 e. The first-order valence-corrected chi connectivity index (χ1v) is 6.37. The summed E-state index contributed by atoms with van der Waals surface area (Å²) >= 11 is 0. The third-order valence-electron chi connectivity index (χ3n) is 3.90. The van der Waals surface area contributed by atoms with Crippen molar-refractivity contribution in [2.75, 3.05) is 0 Å². The normalized spacial score (nSPS) is 19.1. The van der Waals surface area contributed by atoms with Gasteiger partial charge in [0.1, 0.15) is 5.76 Å². The fraction of sp³-hybridized carbons (Fsp3) is 0.333. The van der Waals surface area contributed by atoms with Gasteiger partial charge in [-0.05, 0) is 48.4 Å². The van der Waals surface area contributed by atoms with Gasteiger partial charge in [-0.15, -0.1) is 0 Å². The predicted octanol–water partition coefficient (Wildman–Crippen LogP) is 2.82. The van der Waals surface area contributed by atoms with Crippen LogP contribution in [0.25, 0.3) is 0 Å². The molecule has 1 aliphatic carbocycles. The summed E-state index contributed by atoms with van der Waals surface area (Å²) in [6, 6.07) is 10.7. The van der Waals surface area contributed by atoms with Crippen molar-refractivity contribution in [2.24, 2.45) is 5.84 Å². The maximum absolute atomic E-state index is 5.67. The van der Waals surface area contributed by atoms with E-state index in [2.05, 4.69) is 36.6 Å². The number of rotatable bonds is 4. The SMILES string of the molecule is Cc1ccoc1C(CC1Cc2ccccc21)NN. The summed E-state index contributed by atoms with van der Waals surface area (Å²) in [5, 5.41) is 0. The molecular formula is C15H18N2O. The van der Waals surface area contributed by atoms with E-state index in [1.165, 1.54) is 11.1 Å². The van der Waals surface area contributed by atoms with Gasteiger partial charge in [-0.3, -0.25) is 5.84 Å².